The van der Waals surface area contributed by atoms with E-state index in [9.17, 15) is 4.79 Å². The molecule has 5 heteroatoms. The number of benzene rings is 3. The van der Waals surface area contributed by atoms with Crippen molar-refractivity contribution in [1.29, 1.82) is 0 Å². The number of methoxy groups -OCH3 is 2. The second-order valence-corrected chi connectivity index (χ2v) is 6.53. The Kier molecular flexibility index (Phi) is 5.20. The lowest BCUT2D eigenvalue weighted by atomic mass is 10.2. The van der Waals surface area contributed by atoms with Crippen molar-refractivity contribution in [1.82, 2.24) is 4.57 Å². The minimum Gasteiger partial charge on any atom is -0.493 e. The quantitative estimate of drug-likeness (QED) is 0.437. The number of hydrogen-bond acceptors (Lipinski definition) is 4. The first-order valence-electron chi connectivity index (χ1n) is 9.25. The topological polar surface area (TPSA) is 49.7 Å². The van der Waals surface area contributed by atoms with E-state index in [1.165, 1.54) is 7.11 Å². The van der Waals surface area contributed by atoms with E-state index in [0.29, 0.717) is 23.7 Å². The van der Waals surface area contributed by atoms with Crippen molar-refractivity contribution in [2.24, 2.45) is 0 Å². The van der Waals surface area contributed by atoms with Crippen LogP contribution in [0.3, 0.4) is 0 Å². The lowest BCUT2D eigenvalue weighted by Gasteiger charge is -2.13. The summed E-state index contributed by atoms with van der Waals surface area (Å²) in [4.78, 5) is 12.2. The van der Waals surface area contributed by atoms with Crippen LogP contribution < -0.4 is 9.47 Å². The van der Waals surface area contributed by atoms with E-state index in [1.54, 1.807) is 13.3 Å². The number of carbonyl (C=O) groups excluding carboxylic acids is 1. The van der Waals surface area contributed by atoms with E-state index in [4.69, 9.17) is 14.2 Å². The molecule has 0 aliphatic carbocycles. The van der Waals surface area contributed by atoms with Crippen molar-refractivity contribution in [3.05, 3.63) is 90.1 Å². The maximum absolute atomic E-state index is 12.2. The van der Waals surface area contributed by atoms with Crippen molar-refractivity contribution < 1.29 is 19.0 Å². The predicted octanol–water partition coefficient (Wildman–Crippen LogP) is 5.00. The Morgan fingerprint density at radius 1 is 0.897 bits per heavy atom. The van der Waals surface area contributed by atoms with Crippen LogP contribution in [-0.2, 0) is 11.3 Å². The molecule has 0 fully saturated rings. The SMILES string of the molecule is COC(=O)c1cn(-c2ccc(OCc3ccccc3)c(OC)c2)c2ccccc12. The maximum atomic E-state index is 12.2. The van der Waals surface area contributed by atoms with E-state index in [-0.39, 0.29) is 5.97 Å². The van der Waals surface area contributed by atoms with Crippen molar-refractivity contribution in [3.8, 4) is 17.2 Å². The summed E-state index contributed by atoms with van der Waals surface area (Å²) in [5, 5.41) is 0.836. The molecule has 0 unspecified atom stereocenters. The van der Waals surface area contributed by atoms with Crippen molar-refractivity contribution >= 4 is 16.9 Å². The molecule has 4 rings (SSSR count). The van der Waals surface area contributed by atoms with Gasteiger partial charge in [-0.2, -0.15) is 0 Å². The highest BCUT2D eigenvalue weighted by Crippen LogP contribution is 2.33. The molecule has 146 valence electrons. The summed E-state index contributed by atoms with van der Waals surface area (Å²) in [7, 11) is 3.00. The Bertz CT molecular complexity index is 1150. The average Bonchev–Trinajstić information content (AvgIpc) is 3.17. The number of nitrogens with zero attached hydrogens (tertiary/aromatic N) is 1. The average molecular weight is 387 g/mol. The Morgan fingerprint density at radius 3 is 2.41 bits per heavy atom. The number of carbonyl (C=O) groups is 1. The molecule has 4 aromatic rings. The molecule has 0 atom stereocenters. The third-order valence-electron chi connectivity index (χ3n) is 4.78. The first kappa shape index (κ1) is 18.6. The number of rotatable bonds is 6. The molecule has 0 aliphatic heterocycles. The molecule has 0 radical (unpaired) electrons. The van der Waals surface area contributed by atoms with E-state index < -0.39 is 0 Å². The molecule has 0 amide bonds. The van der Waals surface area contributed by atoms with Gasteiger partial charge in [-0.15, -0.1) is 0 Å². The van der Waals surface area contributed by atoms with Crippen LogP contribution in [0.2, 0.25) is 0 Å². The van der Waals surface area contributed by atoms with Gasteiger partial charge in [0.1, 0.15) is 6.61 Å². The molecular formula is C24H21NO4. The molecule has 0 saturated carbocycles. The highest BCUT2D eigenvalue weighted by atomic mass is 16.5. The zero-order chi connectivity index (χ0) is 20.2. The van der Waals surface area contributed by atoms with Crippen molar-refractivity contribution in [3.63, 3.8) is 0 Å². The summed E-state index contributed by atoms with van der Waals surface area (Å²) in [6.45, 7) is 0.454. The summed E-state index contributed by atoms with van der Waals surface area (Å²) in [5.41, 5.74) is 3.37. The van der Waals surface area contributed by atoms with Crippen LogP contribution in [0, 0.1) is 0 Å². The second kappa shape index (κ2) is 8.10. The second-order valence-electron chi connectivity index (χ2n) is 6.53. The number of para-hydroxylation sites is 1. The van der Waals surface area contributed by atoms with Gasteiger partial charge in [0.05, 0.1) is 25.3 Å². The van der Waals surface area contributed by atoms with Crippen LogP contribution >= 0.6 is 0 Å². The van der Waals surface area contributed by atoms with Gasteiger partial charge in [0.25, 0.3) is 0 Å². The third kappa shape index (κ3) is 3.67. The van der Waals surface area contributed by atoms with Crippen LogP contribution in [0.4, 0.5) is 0 Å². The fourth-order valence-corrected chi connectivity index (χ4v) is 3.33. The molecule has 0 aliphatic rings. The highest BCUT2D eigenvalue weighted by Gasteiger charge is 2.17. The summed E-state index contributed by atoms with van der Waals surface area (Å²) >= 11 is 0. The van der Waals surface area contributed by atoms with E-state index in [0.717, 1.165) is 22.2 Å². The molecular weight excluding hydrogens is 366 g/mol. The zero-order valence-electron chi connectivity index (χ0n) is 16.3. The molecule has 5 nitrogen and oxygen atoms in total. The van der Waals surface area contributed by atoms with Crippen LogP contribution in [0.15, 0.2) is 79.0 Å². The number of hydrogen-bond donors (Lipinski definition) is 0. The lowest BCUT2D eigenvalue weighted by Crippen LogP contribution is -2.01. The lowest BCUT2D eigenvalue weighted by molar-refractivity contribution is 0.0603. The Morgan fingerprint density at radius 2 is 1.66 bits per heavy atom. The number of fused-ring (bicyclic) bond motifs is 1. The fraction of sp³-hybridized carbons (Fsp3) is 0.125. The fourth-order valence-electron chi connectivity index (χ4n) is 3.33. The standard InChI is InChI=1S/C24H21NO4/c1-27-23-14-18(12-13-22(23)29-16-17-8-4-3-5-9-17)25-15-20(24(26)28-2)19-10-6-7-11-21(19)25/h3-15H,16H2,1-2H3. The Hall–Kier alpha value is -3.73. The van der Waals surface area contributed by atoms with Gasteiger partial charge in [0.2, 0.25) is 0 Å². The molecule has 0 bridgehead atoms. The van der Waals surface area contributed by atoms with Gasteiger partial charge in [-0.05, 0) is 23.8 Å². The van der Waals surface area contributed by atoms with E-state index >= 15 is 0 Å². The van der Waals surface area contributed by atoms with Crippen molar-refractivity contribution in [2.45, 2.75) is 6.61 Å². The number of aromatic nitrogens is 1. The summed E-state index contributed by atoms with van der Waals surface area (Å²) in [6.07, 6.45) is 1.79. The minimum atomic E-state index is -0.366. The Labute approximate surface area is 169 Å². The molecule has 1 aromatic heterocycles. The van der Waals surface area contributed by atoms with Gasteiger partial charge in [0.15, 0.2) is 11.5 Å². The first-order valence-corrected chi connectivity index (χ1v) is 9.25. The molecule has 0 N–H and O–H groups in total. The monoisotopic (exact) mass is 387 g/mol. The molecule has 3 aromatic carbocycles. The zero-order valence-corrected chi connectivity index (χ0v) is 16.3. The van der Waals surface area contributed by atoms with Gasteiger partial charge < -0.3 is 18.8 Å². The number of esters is 1. The summed E-state index contributed by atoms with van der Waals surface area (Å²) in [6, 6.07) is 23.4. The van der Waals surface area contributed by atoms with Gasteiger partial charge in [-0.25, -0.2) is 4.79 Å². The smallest absolute Gasteiger partial charge is 0.340 e. The summed E-state index contributed by atoms with van der Waals surface area (Å²) in [5.74, 6) is 0.912. The van der Waals surface area contributed by atoms with Gasteiger partial charge in [-0.1, -0.05) is 48.5 Å². The molecule has 0 spiro atoms. The highest BCUT2D eigenvalue weighted by molar-refractivity contribution is 6.04. The van der Waals surface area contributed by atoms with Gasteiger partial charge in [0, 0.05) is 23.3 Å². The minimum absolute atomic E-state index is 0.366. The first-order chi connectivity index (χ1) is 14.2. The largest absolute Gasteiger partial charge is 0.493 e. The van der Waals surface area contributed by atoms with Crippen LogP contribution in [0.5, 0.6) is 11.5 Å². The normalized spacial score (nSPS) is 10.7. The third-order valence-corrected chi connectivity index (χ3v) is 4.78. The van der Waals surface area contributed by atoms with Crippen LogP contribution in [0.25, 0.3) is 16.6 Å². The molecule has 1 heterocycles. The van der Waals surface area contributed by atoms with Crippen molar-refractivity contribution in [2.75, 3.05) is 14.2 Å². The maximum Gasteiger partial charge on any atom is 0.340 e. The van der Waals surface area contributed by atoms with Crippen LogP contribution in [0.1, 0.15) is 15.9 Å². The molecule has 29 heavy (non-hydrogen) atoms. The van der Waals surface area contributed by atoms with Crippen LogP contribution in [-0.4, -0.2) is 24.8 Å². The van der Waals surface area contributed by atoms with E-state index in [1.807, 2.05) is 77.4 Å². The Balaban J connectivity index is 1.70. The number of ether oxygens (including phenoxy) is 3. The summed E-state index contributed by atoms with van der Waals surface area (Å²) < 4.78 is 18.4. The van der Waals surface area contributed by atoms with E-state index in [2.05, 4.69) is 0 Å². The van der Waals surface area contributed by atoms with Gasteiger partial charge in [-0.3, -0.25) is 0 Å². The molecule has 0 saturated heterocycles. The van der Waals surface area contributed by atoms with Gasteiger partial charge >= 0.3 is 5.97 Å². The predicted molar refractivity (Wildman–Crippen MR) is 112 cm³/mol.